The van der Waals surface area contributed by atoms with Crippen LogP contribution in [0.4, 0.5) is 32.0 Å². The third kappa shape index (κ3) is 6.32. The van der Waals surface area contributed by atoms with Crippen LogP contribution >= 0.6 is 0 Å². The number of carbonyl (C=O) groups excluding carboxylic acids is 2. The quantitative estimate of drug-likeness (QED) is 0.425. The second-order valence-corrected chi connectivity index (χ2v) is 7.16. The normalized spacial score (nSPS) is 12.5. The van der Waals surface area contributed by atoms with Crippen LogP contribution in [0.2, 0.25) is 0 Å². The van der Waals surface area contributed by atoms with Gasteiger partial charge in [0.05, 0.1) is 22.9 Å². The average molecular weight is 528 g/mol. The van der Waals surface area contributed by atoms with E-state index in [9.17, 15) is 35.9 Å². The molecule has 194 valence electrons. The van der Waals surface area contributed by atoms with Crippen molar-refractivity contribution in [1.29, 1.82) is 5.26 Å². The van der Waals surface area contributed by atoms with Crippen molar-refractivity contribution in [2.75, 3.05) is 5.32 Å². The fourth-order valence-electron chi connectivity index (χ4n) is 2.99. The molecule has 0 aliphatic heterocycles. The number of halogens is 6. The van der Waals surface area contributed by atoms with Crippen molar-refractivity contribution in [2.45, 2.75) is 25.8 Å². The van der Waals surface area contributed by atoms with E-state index < -0.39 is 42.2 Å². The molecule has 37 heavy (non-hydrogen) atoms. The zero-order chi connectivity index (χ0) is 27.5. The van der Waals surface area contributed by atoms with Crippen LogP contribution in [0.25, 0.3) is 5.82 Å². The number of amides is 2. The Morgan fingerprint density at radius 1 is 1.19 bits per heavy atom. The van der Waals surface area contributed by atoms with Crippen molar-refractivity contribution in [3.63, 3.8) is 0 Å². The molecule has 0 aliphatic carbocycles. The second-order valence-electron chi connectivity index (χ2n) is 7.16. The van der Waals surface area contributed by atoms with Gasteiger partial charge in [0.2, 0.25) is 5.88 Å². The largest absolute Gasteiger partial charge is 0.525 e. The van der Waals surface area contributed by atoms with Crippen LogP contribution in [0, 0.1) is 18.3 Å². The number of alkyl halides is 6. The molecular formula is C21H14F6N6O4. The summed E-state index contributed by atoms with van der Waals surface area (Å²) in [6.07, 6.45) is -13.9. The Kier molecular flexibility index (Phi) is 7.39. The number of rotatable bonds is 8. The molecule has 1 aromatic carbocycles. The molecule has 0 aliphatic rings. The number of primary amides is 1. The van der Waals surface area contributed by atoms with E-state index in [-0.39, 0.29) is 28.2 Å². The third-order valence-corrected chi connectivity index (χ3v) is 4.50. The molecule has 1 atom stereocenters. The summed E-state index contributed by atoms with van der Waals surface area (Å²) in [7, 11) is 0. The van der Waals surface area contributed by atoms with Crippen LogP contribution in [-0.4, -0.2) is 45.4 Å². The fourth-order valence-corrected chi connectivity index (χ4v) is 2.99. The van der Waals surface area contributed by atoms with Crippen molar-refractivity contribution < 1.29 is 45.4 Å². The molecule has 16 heteroatoms. The minimum atomic E-state index is -5.73. The highest BCUT2D eigenvalue weighted by Crippen LogP contribution is 2.32. The number of nitrogens with one attached hydrogen (secondary N) is 1. The number of nitriles is 1. The number of aromatic nitrogens is 3. The molecule has 2 heterocycles. The number of aryl methyl sites for hydroxylation is 1. The lowest BCUT2D eigenvalue weighted by Gasteiger charge is -2.20. The van der Waals surface area contributed by atoms with Crippen LogP contribution in [0.15, 0.2) is 42.6 Å². The Bertz CT molecular complexity index is 1370. The summed E-state index contributed by atoms with van der Waals surface area (Å²) in [5.41, 5.74) is 4.69. The zero-order valence-electron chi connectivity index (χ0n) is 18.4. The van der Waals surface area contributed by atoms with Gasteiger partial charge in [0.1, 0.15) is 5.69 Å². The van der Waals surface area contributed by atoms with Crippen molar-refractivity contribution >= 4 is 17.5 Å². The predicted octanol–water partition coefficient (Wildman–Crippen LogP) is 3.60. The molecule has 0 fully saturated rings. The van der Waals surface area contributed by atoms with Crippen LogP contribution in [0.5, 0.6) is 5.88 Å². The van der Waals surface area contributed by atoms with Gasteiger partial charge in [-0.3, -0.25) is 9.59 Å². The highest BCUT2D eigenvalue weighted by Gasteiger charge is 2.51. The lowest BCUT2D eigenvalue weighted by Crippen LogP contribution is -2.41. The van der Waals surface area contributed by atoms with Gasteiger partial charge in [-0.05, 0) is 36.8 Å². The molecule has 2 aromatic heterocycles. The summed E-state index contributed by atoms with van der Waals surface area (Å²) in [6.45, 7) is 1.44. The van der Waals surface area contributed by atoms with Gasteiger partial charge in [-0.25, -0.2) is 18.8 Å². The van der Waals surface area contributed by atoms with Crippen LogP contribution in [-0.2, 0) is 4.74 Å². The van der Waals surface area contributed by atoms with E-state index in [0.717, 1.165) is 6.07 Å². The number of pyridine rings is 1. The maximum atomic E-state index is 13.9. The van der Waals surface area contributed by atoms with E-state index in [1.807, 2.05) is 6.07 Å². The molecule has 0 saturated heterocycles. The van der Waals surface area contributed by atoms with Crippen LogP contribution in [0.1, 0.15) is 32.0 Å². The maximum Gasteiger partial charge on any atom is 0.525 e. The standard InChI is InChI=1S/C21H14F6N6O4/c1-10-6-11(9-28)7-12(17(29)34)16(10)31-18(35)13-8-15(32-33(13)14-4-2-3-5-30-14)36-20(23,24)19(22)37-21(25,26)27/h2-8,19H,1H3,(H2,29,34)(H,31,35). The maximum absolute atomic E-state index is 13.9. The van der Waals surface area contributed by atoms with Gasteiger partial charge in [-0.15, -0.1) is 18.3 Å². The number of ether oxygens (including phenoxy) is 2. The first-order valence-corrected chi connectivity index (χ1v) is 9.84. The molecule has 3 rings (SSSR count). The summed E-state index contributed by atoms with van der Waals surface area (Å²) >= 11 is 0. The van der Waals surface area contributed by atoms with Gasteiger partial charge in [0, 0.05) is 12.3 Å². The molecule has 2 amide bonds. The second kappa shape index (κ2) is 10.1. The van der Waals surface area contributed by atoms with Crippen molar-refractivity contribution in [1.82, 2.24) is 14.8 Å². The van der Waals surface area contributed by atoms with Crippen LogP contribution in [0.3, 0.4) is 0 Å². The number of benzene rings is 1. The molecule has 0 radical (unpaired) electrons. The van der Waals surface area contributed by atoms with Gasteiger partial charge >= 0.3 is 18.8 Å². The van der Waals surface area contributed by atoms with Gasteiger partial charge < -0.3 is 15.8 Å². The number of anilines is 1. The van der Waals surface area contributed by atoms with E-state index in [4.69, 9.17) is 11.0 Å². The van der Waals surface area contributed by atoms with E-state index in [1.54, 1.807) is 0 Å². The highest BCUT2D eigenvalue weighted by atomic mass is 19.4. The fraction of sp³-hybridized carbons (Fsp3) is 0.190. The lowest BCUT2D eigenvalue weighted by molar-refractivity contribution is -0.411. The summed E-state index contributed by atoms with van der Waals surface area (Å²) in [5, 5.41) is 15.0. The molecule has 10 nitrogen and oxygen atoms in total. The minimum Gasteiger partial charge on any atom is -0.409 e. The Balaban J connectivity index is 2.02. The summed E-state index contributed by atoms with van der Waals surface area (Å²) in [6, 6.07) is 9.02. The van der Waals surface area contributed by atoms with E-state index in [2.05, 4.69) is 24.9 Å². The Morgan fingerprint density at radius 3 is 2.46 bits per heavy atom. The molecule has 1 unspecified atom stereocenters. The summed E-state index contributed by atoms with van der Waals surface area (Å²) in [5.74, 6) is -3.38. The van der Waals surface area contributed by atoms with Crippen LogP contribution < -0.4 is 15.8 Å². The smallest absolute Gasteiger partial charge is 0.409 e. The average Bonchev–Trinajstić information content (AvgIpc) is 3.22. The first-order valence-electron chi connectivity index (χ1n) is 9.84. The molecule has 0 bridgehead atoms. The number of carbonyl (C=O) groups is 2. The molecule has 0 saturated carbocycles. The number of nitrogens with two attached hydrogens (primary N) is 1. The van der Waals surface area contributed by atoms with Crippen molar-refractivity contribution in [3.8, 4) is 17.8 Å². The molecule has 3 N–H and O–H groups in total. The Hall–Kier alpha value is -4.65. The van der Waals surface area contributed by atoms with Crippen molar-refractivity contribution in [3.05, 3.63) is 65.0 Å². The van der Waals surface area contributed by atoms with Gasteiger partial charge in [0.25, 0.3) is 11.8 Å². The molecule has 0 spiro atoms. The molecule has 3 aromatic rings. The highest BCUT2D eigenvalue weighted by molar-refractivity contribution is 6.09. The van der Waals surface area contributed by atoms with Gasteiger partial charge in [0.15, 0.2) is 5.82 Å². The van der Waals surface area contributed by atoms with Gasteiger partial charge in [-0.1, -0.05) is 6.07 Å². The summed E-state index contributed by atoms with van der Waals surface area (Å²) in [4.78, 5) is 28.9. The zero-order valence-corrected chi connectivity index (χ0v) is 18.4. The minimum absolute atomic E-state index is 0.0580. The van der Waals surface area contributed by atoms with Gasteiger partial charge in [-0.2, -0.15) is 14.0 Å². The molecular weight excluding hydrogens is 514 g/mol. The third-order valence-electron chi connectivity index (χ3n) is 4.50. The Labute approximate surface area is 203 Å². The monoisotopic (exact) mass is 528 g/mol. The Morgan fingerprint density at radius 2 is 1.89 bits per heavy atom. The van der Waals surface area contributed by atoms with Crippen molar-refractivity contribution in [2.24, 2.45) is 5.73 Å². The number of hydrogen-bond donors (Lipinski definition) is 2. The topological polar surface area (TPSA) is 145 Å². The first kappa shape index (κ1) is 26.9. The number of hydrogen-bond acceptors (Lipinski definition) is 7. The predicted molar refractivity (Wildman–Crippen MR) is 111 cm³/mol. The SMILES string of the molecule is Cc1cc(C#N)cc(C(N)=O)c1NC(=O)c1cc(OC(F)(F)C(F)OC(F)(F)F)nn1-c1ccccn1. The first-order chi connectivity index (χ1) is 17.2. The summed E-state index contributed by atoms with van der Waals surface area (Å²) < 4.78 is 85.1. The van der Waals surface area contributed by atoms with E-state index >= 15 is 0 Å². The number of nitrogens with zero attached hydrogens (tertiary/aromatic N) is 4. The van der Waals surface area contributed by atoms with E-state index in [1.165, 1.54) is 37.4 Å². The van der Waals surface area contributed by atoms with E-state index in [0.29, 0.717) is 10.7 Å². The lowest BCUT2D eigenvalue weighted by atomic mass is 10.0.